The fourth-order valence-electron chi connectivity index (χ4n) is 4.20. The topological polar surface area (TPSA) is 103 Å². The number of nitrogens with zero attached hydrogens (tertiary/aromatic N) is 2. The molecule has 1 saturated heterocycles. The summed E-state index contributed by atoms with van der Waals surface area (Å²) >= 11 is 0. The molecule has 3 aromatic carbocycles. The fourth-order valence-corrected chi connectivity index (χ4v) is 4.20. The average Bonchev–Trinajstić information content (AvgIpc) is 3.29. The van der Waals surface area contributed by atoms with Crippen LogP contribution in [-0.4, -0.2) is 47.4 Å². The van der Waals surface area contributed by atoms with Crippen LogP contribution in [0.15, 0.2) is 60.7 Å². The molecule has 0 saturated carbocycles. The number of H-pyrrole nitrogens is 1. The first kappa shape index (κ1) is 23.6. The van der Waals surface area contributed by atoms with Gasteiger partial charge in [-0.1, -0.05) is 18.2 Å². The Morgan fingerprint density at radius 1 is 1.06 bits per heavy atom. The highest BCUT2D eigenvalue weighted by atomic mass is 19.4. The van der Waals surface area contributed by atoms with Crippen molar-refractivity contribution in [1.29, 1.82) is 0 Å². The molecule has 1 amide bonds. The van der Waals surface area contributed by atoms with E-state index in [9.17, 15) is 18.0 Å². The number of halogens is 3. The number of nitrogens with one attached hydrogen (secondary N) is 3. The van der Waals surface area contributed by atoms with E-state index in [1.807, 2.05) is 12.1 Å². The van der Waals surface area contributed by atoms with Crippen LogP contribution in [-0.2, 0) is 10.9 Å². The number of carbonyl (C=O) groups excluding carboxylic acids is 1. The molecule has 1 fully saturated rings. The molecule has 1 aliphatic heterocycles. The third-order valence-electron chi connectivity index (χ3n) is 5.97. The highest BCUT2D eigenvalue weighted by Gasteiger charge is 2.34. The molecule has 0 bridgehead atoms. The predicted molar refractivity (Wildman–Crippen MR) is 129 cm³/mol. The summed E-state index contributed by atoms with van der Waals surface area (Å²) in [7, 11) is 0. The second-order valence-electron chi connectivity index (χ2n) is 8.29. The molecule has 0 atom stereocenters. The van der Waals surface area contributed by atoms with Gasteiger partial charge in [-0.25, -0.2) is 10.5 Å². The van der Waals surface area contributed by atoms with E-state index in [4.69, 9.17) is 9.94 Å². The highest BCUT2D eigenvalue weighted by Crippen LogP contribution is 2.40. The fraction of sp³-hybridized carbons (Fsp3) is 0.200. The minimum atomic E-state index is -4.58. The first-order chi connectivity index (χ1) is 17.3. The number of rotatable bonds is 5. The largest absolute Gasteiger partial charge is 0.417 e. The lowest BCUT2D eigenvalue weighted by Gasteiger charge is -2.29. The van der Waals surface area contributed by atoms with Gasteiger partial charge in [-0.2, -0.15) is 13.2 Å². The van der Waals surface area contributed by atoms with E-state index in [0.29, 0.717) is 30.0 Å². The number of carbonyl (C=O) groups is 1. The number of ether oxygens (including phenoxy) is 1. The Morgan fingerprint density at radius 2 is 1.81 bits per heavy atom. The van der Waals surface area contributed by atoms with Crippen LogP contribution in [0.3, 0.4) is 0 Å². The van der Waals surface area contributed by atoms with Gasteiger partial charge in [0.15, 0.2) is 0 Å². The summed E-state index contributed by atoms with van der Waals surface area (Å²) in [4.78, 5) is 21.0. The maximum Gasteiger partial charge on any atom is 0.417 e. The van der Waals surface area contributed by atoms with Crippen molar-refractivity contribution in [2.45, 2.75) is 6.18 Å². The summed E-state index contributed by atoms with van der Waals surface area (Å²) in [5.74, 6) is -0.484. The Kier molecular flexibility index (Phi) is 6.25. The molecular formula is C25H22F3N5O3. The van der Waals surface area contributed by atoms with Gasteiger partial charge >= 0.3 is 6.18 Å². The number of anilines is 3. The molecule has 4 aromatic rings. The van der Waals surface area contributed by atoms with Crippen LogP contribution in [0.4, 0.5) is 30.5 Å². The van der Waals surface area contributed by atoms with Crippen LogP contribution in [0.1, 0.15) is 15.9 Å². The minimum absolute atomic E-state index is 0.0420. The average molecular weight is 497 g/mol. The van der Waals surface area contributed by atoms with Crippen molar-refractivity contribution in [3.05, 3.63) is 71.8 Å². The predicted octanol–water partition coefficient (Wildman–Crippen LogP) is 4.95. The molecule has 1 aromatic heterocycles. The molecule has 0 spiro atoms. The molecular weight excluding hydrogens is 475 g/mol. The van der Waals surface area contributed by atoms with Crippen molar-refractivity contribution in [3.63, 3.8) is 0 Å². The molecule has 8 nitrogen and oxygen atoms in total. The van der Waals surface area contributed by atoms with Crippen molar-refractivity contribution in [3.8, 4) is 11.1 Å². The van der Waals surface area contributed by atoms with Gasteiger partial charge in [-0.3, -0.25) is 10.0 Å². The number of hydrogen-bond donors (Lipinski definition) is 4. The van der Waals surface area contributed by atoms with E-state index in [1.165, 1.54) is 18.2 Å². The Bertz CT molecular complexity index is 1400. The molecule has 4 N–H and O–H groups in total. The van der Waals surface area contributed by atoms with Crippen molar-refractivity contribution >= 4 is 34.3 Å². The van der Waals surface area contributed by atoms with Gasteiger partial charge < -0.3 is 19.9 Å². The van der Waals surface area contributed by atoms with Crippen LogP contribution in [0.2, 0.25) is 0 Å². The Morgan fingerprint density at radius 3 is 2.50 bits per heavy atom. The lowest BCUT2D eigenvalue weighted by Crippen LogP contribution is -2.36. The molecule has 1 aliphatic rings. The number of hydrogen-bond acceptors (Lipinski definition) is 6. The Balaban J connectivity index is 1.48. The second kappa shape index (κ2) is 9.51. The van der Waals surface area contributed by atoms with E-state index in [0.717, 1.165) is 24.8 Å². The van der Waals surface area contributed by atoms with Crippen LogP contribution >= 0.6 is 0 Å². The van der Waals surface area contributed by atoms with E-state index in [-0.39, 0.29) is 22.6 Å². The van der Waals surface area contributed by atoms with Gasteiger partial charge in [0, 0.05) is 30.0 Å². The number of hydroxylamine groups is 1. The number of aromatic nitrogens is 2. The molecule has 36 heavy (non-hydrogen) atoms. The molecule has 5 rings (SSSR count). The molecule has 0 unspecified atom stereocenters. The van der Waals surface area contributed by atoms with Crippen LogP contribution in [0.25, 0.3) is 22.2 Å². The summed E-state index contributed by atoms with van der Waals surface area (Å²) in [6, 6.07) is 15.7. The summed E-state index contributed by atoms with van der Waals surface area (Å²) in [5, 5.41) is 11.8. The monoisotopic (exact) mass is 497 g/mol. The SMILES string of the molecule is O=C(NO)c1cccc(Nc2nc3cc(C(F)(F)F)c(-c4ccc(N5CCOCC5)cc4)cc3[nH]2)c1. The summed E-state index contributed by atoms with van der Waals surface area (Å²) in [6.07, 6.45) is -4.58. The van der Waals surface area contributed by atoms with E-state index in [1.54, 1.807) is 29.7 Å². The Labute approximate surface area is 203 Å². The van der Waals surface area contributed by atoms with Gasteiger partial charge in [0.05, 0.1) is 29.8 Å². The first-order valence-corrected chi connectivity index (χ1v) is 11.2. The second-order valence-corrected chi connectivity index (χ2v) is 8.29. The Hall–Kier alpha value is -4.09. The van der Waals surface area contributed by atoms with Crippen LogP contribution in [0, 0.1) is 0 Å². The molecule has 11 heteroatoms. The van der Waals surface area contributed by atoms with Crippen LogP contribution in [0.5, 0.6) is 0 Å². The maximum atomic E-state index is 14.0. The highest BCUT2D eigenvalue weighted by molar-refractivity contribution is 5.94. The quantitative estimate of drug-likeness (QED) is 0.230. The smallest absolute Gasteiger partial charge is 0.378 e. The minimum Gasteiger partial charge on any atom is -0.378 e. The van der Waals surface area contributed by atoms with Crippen molar-refractivity contribution < 1.29 is 27.9 Å². The van der Waals surface area contributed by atoms with Gasteiger partial charge in [-0.05, 0) is 53.6 Å². The maximum absolute atomic E-state index is 14.0. The van der Waals surface area contributed by atoms with Crippen LogP contribution < -0.4 is 15.7 Å². The molecule has 0 radical (unpaired) electrons. The summed E-state index contributed by atoms with van der Waals surface area (Å²) in [5.41, 5.74) is 3.40. The standard InChI is InChI=1S/C25H22F3N5O3/c26-25(27,28)20-14-22-21(30-24(31-22)29-17-3-1-2-16(12-17)23(34)32-35)13-19(20)15-4-6-18(7-5-15)33-8-10-36-11-9-33/h1-7,12-14,35H,8-11H2,(H,32,34)(H2,29,30,31). The number of morpholine rings is 1. The van der Waals surface area contributed by atoms with Gasteiger partial charge in [0.2, 0.25) is 5.95 Å². The van der Waals surface area contributed by atoms with Crippen molar-refractivity contribution in [2.75, 3.05) is 36.5 Å². The van der Waals surface area contributed by atoms with Gasteiger partial charge in [-0.15, -0.1) is 0 Å². The van der Waals surface area contributed by atoms with Crippen molar-refractivity contribution in [2.24, 2.45) is 0 Å². The zero-order valence-corrected chi connectivity index (χ0v) is 18.9. The molecule has 2 heterocycles. The zero-order chi connectivity index (χ0) is 25.3. The van der Waals surface area contributed by atoms with Gasteiger partial charge in [0.1, 0.15) is 0 Å². The van der Waals surface area contributed by atoms with Gasteiger partial charge in [0.25, 0.3) is 5.91 Å². The third-order valence-corrected chi connectivity index (χ3v) is 5.97. The number of aromatic amines is 1. The summed E-state index contributed by atoms with van der Waals surface area (Å²) in [6.45, 7) is 2.70. The molecule has 0 aliphatic carbocycles. The van der Waals surface area contributed by atoms with Crippen molar-refractivity contribution in [1.82, 2.24) is 15.4 Å². The molecule has 186 valence electrons. The normalized spacial score (nSPS) is 14.2. The number of fused-ring (bicyclic) bond motifs is 1. The zero-order valence-electron chi connectivity index (χ0n) is 18.9. The summed E-state index contributed by atoms with van der Waals surface area (Å²) < 4.78 is 47.4. The van der Waals surface area contributed by atoms with E-state index >= 15 is 0 Å². The first-order valence-electron chi connectivity index (χ1n) is 11.2. The number of amides is 1. The number of imidazole rings is 1. The number of alkyl halides is 3. The van der Waals surface area contributed by atoms with E-state index < -0.39 is 17.6 Å². The van der Waals surface area contributed by atoms with E-state index in [2.05, 4.69) is 20.2 Å². The number of benzene rings is 3. The lowest BCUT2D eigenvalue weighted by atomic mass is 9.98. The lowest BCUT2D eigenvalue weighted by molar-refractivity contribution is -0.137. The third kappa shape index (κ3) is 4.83.